The number of methoxy groups -OCH3 is 1. The van der Waals surface area contributed by atoms with Crippen molar-refractivity contribution in [1.29, 1.82) is 0 Å². The Morgan fingerprint density at radius 3 is 2.24 bits per heavy atom. The van der Waals surface area contributed by atoms with Gasteiger partial charge in [-0.2, -0.15) is 8.61 Å². The molecule has 1 aromatic carbocycles. The van der Waals surface area contributed by atoms with Gasteiger partial charge in [-0.05, 0) is 29.7 Å². The third-order valence-corrected chi connectivity index (χ3v) is 7.82. The number of carbonyl (C=O) groups is 1. The van der Waals surface area contributed by atoms with E-state index >= 15 is 0 Å². The molecule has 1 aromatic heterocycles. The first-order valence-electron chi connectivity index (χ1n) is 10.8. The van der Waals surface area contributed by atoms with E-state index in [0.29, 0.717) is 50.4 Å². The Bertz CT molecular complexity index is 1130. The van der Waals surface area contributed by atoms with E-state index in [1.54, 1.807) is 12.1 Å². The number of esters is 1. The quantitative estimate of drug-likeness (QED) is 0.363. The summed E-state index contributed by atoms with van der Waals surface area (Å²) in [5.74, 6) is -0.495. The van der Waals surface area contributed by atoms with Gasteiger partial charge in [0.1, 0.15) is 0 Å². The molecule has 12 heteroatoms. The number of rotatable bonds is 10. The van der Waals surface area contributed by atoms with Gasteiger partial charge >= 0.3 is 5.97 Å². The summed E-state index contributed by atoms with van der Waals surface area (Å²) in [5, 5.41) is 0. The highest BCUT2D eigenvalue weighted by molar-refractivity contribution is 7.88. The number of hydrogen-bond acceptors (Lipinski definition) is 8. The summed E-state index contributed by atoms with van der Waals surface area (Å²) in [7, 11) is -4.64. The Morgan fingerprint density at radius 1 is 1.06 bits per heavy atom. The molecular formula is C22H30N4O6S2. The van der Waals surface area contributed by atoms with Crippen LogP contribution in [0.1, 0.15) is 27.2 Å². The largest absolute Gasteiger partial charge is 0.465 e. The van der Waals surface area contributed by atoms with Crippen molar-refractivity contribution in [3.05, 3.63) is 65.0 Å². The van der Waals surface area contributed by atoms with Gasteiger partial charge in [-0.25, -0.2) is 21.6 Å². The molecule has 0 bridgehead atoms. The summed E-state index contributed by atoms with van der Waals surface area (Å²) in [4.78, 5) is 17.9. The highest BCUT2D eigenvalue weighted by Crippen LogP contribution is 2.13. The summed E-state index contributed by atoms with van der Waals surface area (Å²) in [5.41, 5.74) is 2.99. The van der Waals surface area contributed by atoms with Gasteiger partial charge in [0.2, 0.25) is 20.9 Å². The van der Waals surface area contributed by atoms with Crippen LogP contribution in [0.25, 0.3) is 0 Å². The van der Waals surface area contributed by atoms with Crippen LogP contribution in [-0.4, -0.2) is 87.4 Å². The van der Waals surface area contributed by atoms with Crippen molar-refractivity contribution in [2.24, 2.45) is 0 Å². The molecule has 0 radical (unpaired) electrons. The van der Waals surface area contributed by atoms with Gasteiger partial charge < -0.3 is 4.74 Å². The standard InChI is InChI=1S/C22H30N4O6S2/c1-32-22(27)20-7-8-21(23-15-20)17-25(33(28)29)10-9-18-3-5-19(6-4-18)16-24-11-13-26(14-12-24)34(2,30)31/h3-8,15,33H,9-14,16-17H2,1-2H3. The van der Waals surface area contributed by atoms with E-state index < -0.39 is 26.9 Å². The summed E-state index contributed by atoms with van der Waals surface area (Å²) < 4.78 is 54.2. The van der Waals surface area contributed by atoms with Crippen molar-refractivity contribution in [1.82, 2.24) is 18.5 Å². The topological polar surface area (TPSA) is 117 Å². The van der Waals surface area contributed by atoms with Crippen LogP contribution in [0.4, 0.5) is 0 Å². The highest BCUT2D eigenvalue weighted by atomic mass is 32.2. The van der Waals surface area contributed by atoms with Crippen LogP contribution in [0, 0.1) is 0 Å². The number of thiol groups is 1. The Labute approximate surface area is 202 Å². The fourth-order valence-electron chi connectivity index (χ4n) is 3.71. The number of hydrogen-bond donors (Lipinski definition) is 1. The average Bonchev–Trinajstić information content (AvgIpc) is 2.82. The van der Waals surface area contributed by atoms with Crippen molar-refractivity contribution < 1.29 is 26.4 Å². The zero-order valence-electron chi connectivity index (χ0n) is 19.3. The van der Waals surface area contributed by atoms with Crippen LogP contribution in [0.2, 0.25) is 0 Å². The van der Waals surface area contributed by atoms with Gasteiger partial charge in [-0.1, -0.05) is 24.3 Å². The second-order valence-corrected chi connectivity index (χ2v) is 11.2. The van der Waals surface area contributed by atoms with E-state index in [1.165, 1.54) is 28.2 Å². The molecule has 0 amide bonds. The molecule has 1 saturated heterocycles. The Kier molecular flexibility index (Phi) is 9.14. The predicted octanol–water partition coefficient (Wildman–Crippen LogP) is 0.517. The molecule has 3 rings (SSSR count). The SMILES string of the molecule is COC(=O)c1ccc(CN(CCc2ccc(CN3CCN(S(C)(=O)=O)CC3)cc2)[SH](=O)=O)nc1. The number of piperazine rings is 1. The number of benzene rings is 1. The van der Waals surface area contributed by atoms with Crippen molar-refractivity contribution in [3.63, 3.8) is 0 Å². The summed E-state index contributed by atoms with van der Waals surface area (Å²) in [6.07, 6.45) is 3.16. The van der Waals surface area contributed by atoms with Gasteiger partial charge in [0.25, 0.3) is 0 Å². The fourth-order valence-corrected chi connectivity index (χ4v) is 5.06. The zero-order valence-corrected chi connectivity index (χ0v) is 21.0. The van der Waals surface area contributed by atoms with Crippen molar-refractivity contribution in [2.45, 2.75) is 19.5 Å². The third kappa shape index (κ3) is 7.57. The van der Waals surface area contributed by atoms with E-state index in [1.807, 2.05) is 24.3 Å². The first-order chi connectivity index (χ1) is 16.2. The molecule has 1 aliphatic rings. The minimum Gasteiger partial charge on any atom is -0.465 e. The van der Waals surface area contributed by atoms with Gasteiger partial charge in [0.15, 0.2) is 0 Å². The maximum atomic E-state index is 11.7. The molecule has 0 saturated carbocycles. The predicted molar refractivity (Wildman–Crippen MR) is 128 cm³/mol. The summed E-state index contributed by atoms with van der Waals surface area (Å²) in [6.45, 7) is 3.55. The summed E-state index contributed by atoms with van der Waals surface area (Å²) >= 11 is 0. The monoisotopic (exact) mass is 510 g/mol. The minimum atomic E-state index is -3.14. The van der Waals surface area contributed by atoms with Crippen LogP contribution in [-0.2, 0) is 45.2 Å². The normalized spacial score (nSPS) is 15.6. The number of aromatic nitrogens is 1. The molecule has 34 heavy (non-hydrogen) atoms. The number of ether oxygens (including phenoxy) is 1. The molecule has 186 valence electrons. The van der Waals surface area contributed by atoms with E-state index in [0.717, 1.165) is 17.7 Å². The van der Waals surface area contributed by atoms with Crippen molar-refractivity contribution in [2.75, 3.05) is 46.1 Å². The molecule has 0 spiro atoms. The van der Waals surface area contributed by atoms with E-state index in [-0.39, 0.29) is 6.54 Å². The number of sulfonamides is 1. The smallest absolute Gasteiger partial charge is 0.339 e. The maximum Gasteiger partial charge on any atom is 0.339 e. The van der Waals surface area contributed by atoms with Gasteiger partial charge in [-0.3, -0.25) is 9.88 Å². The maximum absolute atomic E-state index is 11.7. The Hall–Kier alpha value is -2.38. The number of nitrogens with zero attached hydrogens (tertiary/aromatic N) is 4. The lowest BCUT2D eigenvalue weighted by Crippen LogP contribution is -2.47. The number of carbonyl (C=O) groups excluding carboxylic acids is 1. The molecule has 10 nitrogen and oxygen atoms in total. The molecule has 0 unspecified atom stereocenters. The van der Waals surface area contributed by atoms with Crippen LogP contribution in [0.15, 0.2) is 42.6 Å². The number of pyridine rings is 1. The van der Waals surface area contributed by atoms with Gasteiger partial charge in [0, 0.05) is 45.5 Å². The molecule has 2 heterocycles. The zero-order chi connectivity index (χ0) is 24.7. The molecule has 1 fully saturated rings. The average molecular weight is 511 g/mol. The fraction of sp³-hybridized carbons (Fsp3) is 0.455. The lowest BCUT2D eigenvalue weighted by Gasteiger charge is -2.33. The van der Waals surface area contributed by atoms with Crippen molar-refractivity contribution in [3.8, 4) is 0 Å². The van der Waals surface area contributed by atoms with E-state index in [9.17, 15) is 21.6 Å². The Morgan fingerprint density at radius 2 is 1.71 bits per heavy atom. The second-order valence-electron chi connectivity index (χ2n) is 8.16. The molecule has 0 aliphatic carbocycles. The van der Waals surface area contributed by atoms with Gasteiger partial charge in [-0.15, -0.1) is 0 Å². The van der Waals surface area contributed by atoms with E-state index in [2.05, 4.69) is 14.6 Å². The minimum absolute atomic E-state index is 0.123. The Balaban J connectivity index is 1.50. The highest BCUT2D eigenvalue weighted by Gasteiger charge is 2.23. The molecule has 0 N–H and O–H groups in total. The second kappa shape index (κ2) is 11.8. The summed E-state index contributed by atoms with van der Waals surface area (Å²) in [6, 6.07) is 11.2. The first-order valence-corrected chi connectivity index (χ1v) is 13.8. The molecule has 0 atom stereocenters. The molecule has 1 aliphatic heterocycles. The third-order valence-electron chi connectivity index (χ3n) is 5.71. The van der Waals surface area contributed by atoms with E-state index in [4.69, 9.17) is 0 Å². The van der Waals surface area contributed by atoms with Crippen molar-refractivity contribution >= 4 is 26.9 Å². The van der Waals surface area contributed by atoms with Crippen LogP contribution >= 0.6 is 0 Å². The molecular weight excluding hydrogens is 480 g/mol. The lowest BCUT2D eigenvalue weighted by molar-refractivity contribution is 0.0600. The van der Waals surface area contributed by atoms with Gasteiger partial charge in [0.05, 0.1) is 31.2 Å². The van der Waals surface area contributed by atoms with Crippen LogP contribution < -0.4 is 0 Å². The lowest BCUT2D eigenvalue weighted by atomic mass is 10.1. The van der Waals surface area contributed by atoms with Crippen LogP contribution in [0.5, 0.6) is 0 Å². The molecule has 2 aromatic rings. The van der Waals surface area contributed by atoms with Crippen LogP contribution in [0.3, 0.4) is 0 Å². The first kappa shape index (κ1) is 26.2.